The number of furan rings is 1. The van der Waals surface area contributed by atoms with E-state index in [1.807, 2.05) is 30.5 Å². The molecule has 1 aliphatic heterocycles. The van der Waals surface area contributed by atoms with Crippen LogP contribution >= 0.6 is 11.6 Å². The summed E-state index contributed by atoms with van der Waals surface area (Å²) in [5.74, 6) is 0.902. The zero-order chi connectivity index (χ0) is 16.4. The van der Waals surface area contributed by atoms with Crippen molar-refractivity contribution in [1.82, 2.24) is 9.97 Å². The number of hydrogen-bond acceptors (Lipinski definition) is 5. The second-order valence-corrected chi connectivity index (χ2v) is 6.16. The number of nitrogens with zero attached hydrogens (tertiary/aromatic N) is 4. The highest BCUT2D eigenvalue weighted by molar-refractivity contribution is 6.30. The number of rotatable bonds is 3. The van der Waals surface area contributed by atoms with Gasteiger partial charge < -0.3 is 14.2 Å². The smallest absolute Gasteiger partial charge is 0.147 e. The van der Waals surface area contributed by atoms with Crippen LogP contribution in [0.1, 0.15) is 0 Å². The number of aromatic nitrogens is 2. The van der Waals surface area contributed by atoms with Crippen molar-refractivity contribution in [2.45, 2.75) is 0 Å². The van der Waals surface area contributed by atoms with Crippen LogP contribution in [0.5, 0.6) is 0 Å². The summed E-state index contributed by atoms with van der Waals surface area (Å²) in [7, 11) is 0. The van der Waals surface area contributed by atoms with Crippen LogP contribution in [-0.2, 0) is 0 Å². The summed E-state index contributed by atoms with van der Waals surface area (Å²) in [6, 6.07) is 9.89. The number of hydrogen-bond donors (Lipinski definition) is 0. The lowest BCUT2D eigenvalue weighted by Crippen LogP contribution is -2.46. The molecule has 3 aromatic rings. The van der Waals surface area contributed by atoms with Gasteiger partial charge in [-0.25, -0.2) is 4.98 Å². The SMILES string of the molecule is Clc1cccc(N2CCN(c3cncc(-c4ccoc4)n3)CC2)c1. The fraction of sp³-hybridized carbons (Fsp3) is 0.222. The second kappa shape index (κ2) is 6.53. The van der Waals surface area contributed by atoms with Gasteiger partial charge in [0, 0.05) is 42.5 Å². The van der Waals surface area contributed by atoms with Gasteiger partial charge in [-0.05, 0) is 24.3 Å². The molecule has 0 amide bonds. The molecule has 0 unspecified atom stereocenters. The lowest BCUT2D eigenvalue weighted by atomic mass is 10.2. The van der Waals surface area contributed by atoms with Crippen molar-refractivity contribution >= 4 is 23.1 Å². The van der Waals surface area contributed by atoms with Gasteiger partial charge in [0.15, 0.2) is 0 Å². The second-order valence-electron chi connectivity index (χ2n) is 5.73. The summed E-state index contributed by atoms with van der Waals surface area (Å²) < 4.78 is 5.13. The average Bonchev–Trinajstić information content (AvgIpc) is 3.17. The average molecular weight is 341 g/mol. The van der Waals surface area contributed by atoms with Gasteiger partial charge in [-0.15, -0.1) is 0 Å². The highest BCUT2D eigenvalue weighted by Gasteiger charge is 2.19. The first kappa shape index (κ1) is 15.0. The summed E-state index contributed by atoms with van der Waals surface area (Å²) in [6.45, 7) is 3.65. The van der Waals surface area contributed by atoms with Crippen LogP contribution in [-0.4, -0.2) is 36.1 Å². The molecule has 0 aliphatic carbocycles. The minimum Gasteiger partial charge on any atom is -0.472 e. The predicted molar refractivity (Wildman–Crippen MR) is 95.6 cm³/mol. The molecule has 5 nitrogen and oxygen atoms in total. The fourth-order valence-corrected chi connectivity index (χ4v) is 3.11. The van der Waals surface area contributed by atoms with E-state index >= 15 is 0 Å². The summed E-state index contributed by atoms with van der Waals surface area (Å²) in [6.07, 6.45) is 6.91. The van der Waals surface area contributed by atoms with Crippen molar-refractivity contribution in [3.8, 4) is 11.3 Å². The Balaban J connectivity index is 1.47. The van der Waals surface area contributed by atoms with Gasteiger partial charge in [0.1, 0.15) is 5.82 Å². The fourth-order valence-electron chi connectivity index (χ4n) is 2.92. The van der Waals surface area contributed by atoms with Crippen molar-refractivity contribution in [2.75, 3.05) is 36.0 Å². The molecule has 1 aliphatic rings. The molecule has 122 valence electrons. The quantitative estimate of drug-likeness (QED) is 0.727. The summed E-state index contributed by atoms with van der Waals surface area (Å²) in [5, 5.41) is 0.772. The van der Waals surface area contributed by atoms with Crippen molar-refractivity contribution < 1.29 is 4.42 Å². The predicted octanol–water partition coefficient (Wildman–Crippen LogP) is 3.72. The van der Waals surface area contributed by atoms with Crippen LogP contribution < -0.4 is 9.80 Å². The number of benzene rings is 1. The maximum Gasteiger partial charge on any atom is 0.147 e. The van der Waals surface area contributed by atoms with E-state index in [0.717, 1.165) is 48.3 Å². The largest absolute Gasteiger partial charge is 0.472 e. The van der Waals surface area contributed by atoms with Gasteiger partial charge in [0.25, 0.3) is 0 Å². The molecule has 1 aromatic carbocycles. The molecule has 0 radical (unpaired) electrons. The minimum atomic E-state index is 0.772. The Morgan fingerprint density at radius 1 is 1.00 bits per heavy atom. The van der Waals surface area contributed by atoms with E-state index in [1.165, 1.54) is 5.69 Å². The molecule has 3 heterocycles. The summed E-state index contributed by atoms with van der Waals surface area (Å²) >= 11 is 6.09. The molecule has 6 heteroatoms. The van der Waals surface area contributed by atoms with E-state index in [0.29, 0.717) is 0 Å². The molecular weight excluding hydrogens is 324 g/mol. The third kappa shape index (κ3) is 3.08. The van der Waals surface area contributed by atoms with Crippen LogP contribution in [0.3, 0.4) is 0 Å². The van der Waals surface area contributed by atoms with E-state index in [-0.39, 0.29) is 0 Å². The minimum absolute atomic E-state index is 0.772. The zero-order valence-electron chi connectivity index (χ0n) is 13.1. The van der Waals surface area contributed by atoms with Crippen LogP contribution in [0, 0.1) is 0 Å². The number of piperazine rings is 1. The third-order valence-electron chi connectivity index (χ3n) is 4.22. The Bertz CT molecular complexity index is 813. The summed E-state index contributed by atoms with van der Waals surface area (Å²) in [5.41, 5.74) is 2.95. The van der Waals surface area contributed by atoms with E-state index in [2.05, 4.69) is 20.9 Å². The molecule has 1 saturated heterocycles. The maximum atomic E-state index is 6.09. The standard InChI is InChI=1S/C18H17ClN4O/c19-15-2-1-3-16(10-15)22-5-7-23(8-6-22)18-12-20-11-17(21-18)14-4-9-24-13-14/h1-4,9-13H,5-8H2. The van der Waals surface area contributed by atoms with Crippen molar-refractivity contribution in [1.29, 1.82) is 0 Å². The van der Waals surface area contributed by atoms with Crippen LogP contribution in [0.25, 0.3) is 11.3 Å². The van der Waals surface area contributed by atoms with E-state index in [4.69, 9.17) is 21.0 Å². The highest BCUT2D eigenvalue weighted by atomic mass is 35.5. The molecule has 0 bridgehead atoms. The first-order valence-corrected chi connectivity index (χ1v) is 8.27. The molecular formula is C18H17ClN4O. The molecule has 0 atom stereocenters. The van der Waals surface area contributed by atoms with Gasteiger partial charge >= 0.3 is 0 Å². The molecule has 0 N–H and O–H groups in total. The van der Waals surface area contributed by atoms with Crippen molar-refractivity contribution in [2.24, 2.45) is 0 Å². The first-order chi connectivity index (χ1) is 11.8. The highest BCUT2D eigenvalue weighted by Crippen LogP contribution is 2.23. The van der Waals surface area contributed by atoms with E-state index in [9.17, 15) is 0 Å². The number of halogens is 1. The van der Waals surface area contributed by atoms with Gasteiger partial charge in [-0.1, -0.05) is 17.7 Å². The Morgan fingerprint density at radius 2 is 1.83 bits per heavy atom. The van der Waals surface area contributed by atoms with Gasteiger partial charge in [0.05, 0.1) is 30.6 Å². The molecule has 0 spiro atoms. The Labute approximate surface area is 145 Å². The van der Waals surface area contributed by atoms with E-state index < -0.39 is 0 Å². The van der Waals surface area contributed by atoms with Crippen LogP contribution in [0.15, 0.2) is 59.7 Å². The zero-order valence-corrected chi connectivity index (χ0v) is 13.9. The molecule has 2 aromatic heterocycles. The molecule has 4 rings (SSSR count). The maximum absolute atomic E-state index is 6.09. The van der Waals surface area contributed by atoms with Crippen LogP contribution in [0.2, 0.25) is 5.02 Å². The van der Waals surface area contributed by atoms with Gasteiger partial charge in [-0.3, -0.25) is 4.98 Å². The van der Waals surface area contributed by atoms with Crippen LogP contribution in [0.4, 0.5) is 11.5 Å². The normalized spacial score (nSPS) is 14.9. The van der Waals surface area contributed by atoms with Gasteiger partial charge in [0.2, 0.25) is 0 Å². The molecule has 1 fully saturated rings. The van der Waals surface area contributed by atoms with Crippen molar-refractivity contribution in [3.63, 3.8) is 0 Å². The Kier molecular flexibility index (Phi) is 4.09. The molecule has 0 saturated carbocycles. The first-order valence-electron chi connectivity index (χ1n) is 7.90. The lowest BCUT2D eigenvalue weighted by molar-refractivity contribution is 0.568. The number of anilines is 2. The topological polar surface area (TPSA) is 45.4 Å². The summed E-state index contributed by atoms with van der Waals surface area (Å²) in [4.78, 5) is 13.6. The monoisotopic (exact) mass is 340 g/mol. The Hall–Kier alpha value is -2.53. The third-order valence-corrected chi connectivity index (χ3v) is 4.45. The van der Waals surface area contributed by atoms with Crippen molar-refractivity contribution in [3.05, 3.63) is 60.3 Å². The lowest BCUT2D eigenvalue weighted by Gasteiger charge is -2.36. The Morgan fingerprint density at radius 3 is 2.58 bits per heavy atom. The van der Waals surface area contributed by atoms with Gasteiger partial charge in [-0.2, -0.15) is 0 Å². The molecule has 24 heavy (non-hydrogen) atoms. The van der Waals surface area contributed by atoms with E-state index in [1.54, 1.807) is 18.7 Å².